The molecule has 2 fully saturated rings. The molecule has 4 heterocycles. The van der Waals surface area contributed by atoms with E-state index in [0.717, 1.165) is 89.4 Å². The first kappa shape index (κ1) is 24.4. The molecular weight excluding hydrogens is 438 g/mol. The molecular formula is C27H41N7O. The Balaban J connectivity index is 1.15. The van der Waals surface area contributed by atoms with Crippen LogP contribution in [0, 0.1) is 0 Å². The molecule has 1 aliphatic carbocycles. The molecule has 1 saturated heterocycles. The molecule has 2 aromatic heterocycles. The Morgan fingerprint density at radius 2 is 1.80 bits per heavy atom. The van der Waals surface area contributed by atoms with Gasteiger partial charge in [-0.05, 0) is 42.9 Å². The number of piperazine rings is 1. The number of nitrogens with zero attached hydrogens (tertiary/aromatic N) is 7. The summed E-state index contributed by atoms with van der Waals surface area (Å²) in [6.07, 6.45) is 11.3. The van der Waals surface area contributed by atoms with Crippen LogP contribution in [0.25, 0.3) is 0 Å². The van der Waals surface area contributed by atoms with Crippen molar-refractivity contribution in [3.63, 3.8) is 0 Å². The van der Waals surface area contributed by atoms with Crippen molar-refractivity contribution < 1.29 is 5.11 Å². The molecule has 3 aliphatic rings. The number of aliphatic hydroxyl groups excluding tert-OH is 1. The van der Waals surface area contributed by atoms with Crippen molar-refractivity contribution >= 4 is 11.8 Å². The molecule has 1 N–H and O–H groups in total. The number of aromatic nitrogens is 3. The van der Waals surface area contributed by atoms with Crippen LogP contribution < -0.4 is 9.80 Å². The molecule has 5 rings (SSSR count). The molecule has 0 radical (unpaired) electrons. The molecule has 190 valence electrons. The van der Waals surface area contributed by atoms with Crippen molar-refractivity contribution in [3.8, 4) is 0 Å². The van der Waals surface area contributed by atoms with E-state index < -0.39 is 0 Å². The standard InChI is InChI=1S/C27H41N7O/c1-2-10-33(17-18-35)26-7-6-22(19-28-26)21-31-11-8-23-20-29-27(30-25(23)9-12-31)34-15-13-32(14-16-34)24-4-3-5-24/h6-7,19-20,24,35H,2-5,8-18,21H2,1H3. The van der Waals surface area contributed by atoms with Crippen LogP contribution >= 0.6 is 0 Å². The second-order valence-electron chi connectivity index (χ2n) is 10.3. The van der Waals surface area contributed by atoms with E-state index in [1.54, 1.807) is 0 Å². The third-order valence-corrected chi connectivity index (χ3v) is 7.89. The zero-order valence-electron chi connectivity index (χ0n) is 21.3. The number of hydrogen-bond acceptors (Lipinski definition) is 8. The van der Waals surface area contributed by atoms with Crippen molar-refractivity contribution in [3.05, 3.63) is 41.3 Å². The van der Waals surface area contributed by atoms with Crippen LogP contribution in [0.2, 0.25) is 0 Å². The van der Waals surface area contributed by atoms with Crippen LogP contribution in [0.4, 0.5) is 11.8 Å². The van der Waals surface area contributed by atoms with Gasteiger partial charge in [-0.1, -0.05) is 19.4 Å². The highest BCUT2D eigenvalue weighted by atomic mass is 16.3. The maximum absolute atomic E-state index is 9.34. The van der Waals surface area contributed by atoms with E-state index in [1.807, 2.05) is 6.20 Å². The van der Waals surface area contributed by atoms with E-state index >= 15 is 0 Å². The van der Waals surface area contributed by atoms with Crippen molar-refractivity contribution in [2.45, 2.75) is 58.0 Å². The zero-order valence-corrected chi connectivity index (χ0v) is 21.3. The smallest absolute Gasteiger partial charge is 0.225 e. The van der Waals surface area contributed by atoms with Gasteiger partial charge < -0.3 is 14.9 Å². The maximum atomic E-state index is 9.34. The van der Waals surface area contributed by atoms with Crippen LogP contribution in [-0.4, -0.2) is 94.9 Å². The van der Waals surface area contributed by atoms with E-state index in [-0.39, 0.29) is 6.61 Å². The highest BCUT2D eigenvalue weighted by Gasteiger charge is 2.29. The van der Waals surface area contributed by atoms with Crippen molar-refractivity contribution in [2.75, 3.05) is 68.8 Å². The summed E-state index contributed by atoms with van der Waals surface area (Å²) in [6, 6.07) is 5.11. The van der Waals surface area contributed by atoms with Crippen LogP contribution in [-0.2, 0) is 19.4 Å². The molecule has 1 saturated carbocycles. The molecule has 35 heavy (non-hydrogen) atoms. The van der Waals surface area contributed by atoms with Gasteiger partial charge in [-0.2, -0.15) is 0 Å². The number of hydrogen-bond donors (Lipinski definition) is 1. The van der Waals surface area contributed by atoms with E-state index in [9.17, 15) is 5.11 Å². The van der Waals surface area contributed by atoms with Gasteiger partial charge in [0.2, 0.25) is 5.95 Å². The second kappa shape index (κ2) is 11.6. The van der Waals surface area contributed by atoms with Gasteiger partial charge >= 0.3 is 0 Å². The lowest BCUT2D eigenvalue weighted by Crippen LogP contribution is -2.52. The first-order chi connectivity index (χ1) is 17.2. The summed E-state index contributed by atoms with van der Waals surface area (Å²) < 4.78 is 0. The van der Waals surface area contributed by atoms with Gasteiger partial charge in [0, 0.05) is 83.8 Å². The van der Waals surface area contributed by atoms with Gasteiger partial charge in [0.25, 0.3) is 0 Å². The summed E-state index contributed by atoms with van der Waals surface area (Å²) in [4.78, 5) is 24.2. The molecule has 0 amide bonds. The fourth-order valence-electron chi connectivity index (χ4n) is 5.55. The number of pyridine rings is 1. The Hall–Kier alpha value is -2.29. The highest BCUT2D eigenvalue weighted by Crippen LogP contribution is 2.26. The topological polar surface area (TPSA) is 71.9 Å². The third-order valence-electron chi connectivity index (χ3n) is 7.89. The molecule has 0 aromatic carbocycles. The zero-order chi connectivity index (χ0) is 24.0. The fourth-order valence-corrected chi connectivity index (χ4v) is 5.55. The summed E-state index contributed by atoms with van der Waals surface area (Å²) in [5.41, 5.74) is 3.76. The Morgan fingerprint density at radius 3 is 2.49 bits per heavy atom. The lowest BCUT2D eigenvalue weighted by atomic mass is 9.91. The van der Waals surface area contributed by atoms with E-state index in [2.05, 4.69) is 44.9 Å². The Morgan fingerprint density at radius 1 is 0.971 bits per heavy atom. The summed E-state index contributed by atoms with van der Waals surface area (Å²) in [7, 11) is 0. The molecule has 0 unspecified atom stereocenters. The Kier molecular flexibility index (Phi) is 8.11. The molecule has 8 nitrogen and oxygen atoms in total. The quantitative estimate of drug-likeness (QED) is 0.588. The van der Waals surface area contributed by atoms with Gasteiger partial charge in [-0.3, -0.25) is 9.80 Å². The number of aliphatic hydroxyl groups is 1. The minimum Gasteiger partial charge on any atom is -0.395 e. The molecule has 2 aliphatic heterocycles. The molecule has 2 aromatic rings. The SMILES string of the molecule is CCCN(CCO)c1ccc(CN2CCc3cnc(N4CCN(C5CCC5)CC4)nc3CC2)cn1. The van der Waals surface area contributed by atoms with Crippen LogP contribution in [0.1, 0.15) is 49.4 Å². The highest BCUT2D eigenvalue weighted by molar-refractivity contribution is 5.39. The van der Waals surface area contributed by atoms with E-state index in [1.165, 1.54) is 36.1 Å². The Bertz CT molecular complexity index is 935. The lowest BCUT2D eigenvalue weighted by molar-refractivity contribution is 0.120. The number of anilines is 2. The summed E-state index contributed by atoms with van der Waals surface area (Å²) in [5.74, 6) is 1.87. The second-order valence-corrected chi connectivity index (χ2v) is 10.3. The van der Waals surface area contributed by atoms with Crippen molar-refractivity contribution in [1.29, 1.82) is 0 Å². The Labute approximate surface area is 210 Å². The van der Waals surface area contributed by atoms with Gasteiger partial charge in [0.05, 0.1) is 12.3 Å². The summed E-state index contributed by atoms with van der Waals surface area (Å²) in [5, 5.41) is 9.34. The average molecular weight is 480 g/mol. The predicted octanol–water partition coefficient (Wildman–Crippen LogP) is 2.36. The summed E-state index contributed by atoms with van der Waals surface area (Å²) in [6.45, 7) is 11.1. The number of rotatable bonds is 9. The molecule has 0 atom stereocenters. The molecule has 0 bridgehead atoms. The van der Waals surface area contributed by atoms with Crippen LogP contribution in [0.15, 0.2) is 24.5 Å². The molecule has 8 heteroatoms. The molecule has 0 spiro atoms. The largest absolute Gasteiger partial charge is 0.395 e. The van der Waals surface area contributed by atoms with Crippen LogP contribution in [0.5, 0.6) is 0 Å². The maximum Gasteiger partial charge on any atom is 0.225 e. The minimum atomic E-state index is 0.152. The predicted molar refractivity (Wildman–Crippen MR) is 140 cm³/mol. The summed E-state index contributed by atoms with van der Waals surface area (Å²) >= 11 is 0. The van der Waals surface area contributed by atoms with Gasteiger partial charge in [0.1, 0.15) is 5.82 Å². The van der Waals surface area contributed by atoms with Crippen molar-refractivity contribution in [2.24, 2.45) is 0 Å². The fraction of sp³-hybridized carbons (Fsp3) is 0.667. The first-order valence-corrected chi connectivity index (χ1v) is 13.6. The minimum absolute atomic E-state index is 0.152. The normalized spacial score (nSPS) is 19.8. The average Bonchev–Trinajstić information content (AvgIpc) is 3.06. The third kappa shape index (κ3) is 5.93. The van der Waals surface area contributed by atoms with E-state index in [0.29, 0.717) is 6.54 Å². The monoisotopic (exact) mass is 479 g/mol. The van der Waals surface area contributed by atoms with Gasteiger partial charge in [-0.25, -0.2) is 15.0 Å². The van der Waals surface area contributed by atoms with Crippen LogP contribution in [0.3, 0.4) is 0 Å². The van der Waals surface area contributed by atoms with Gasteiger partial charge in [0.15, 0.2) is 0 Å². The van der Waals surface area contributed by atoms with Gasteiger partial charge in [-0.15, -0.1) is 0 Å². The van der Waals surface area contributed by atoms with E-state index in [4.69, 9.17) is 15.0 Å². The first-order valence-electron chi connectivity index (χ1n) is 13.6. The van der Waals surface area contributed by atoms with Crippen molar-refractivity contribution in [1.82, 2.24) is 24.8 Å². The lowest BCUT2D eigenvalue weighted by Gasteiger charge is -2.43. The number of fused-ring (bicyclic) bond motifs is 1.